The maximum Gasteiger partial charge on any atom is 0.407 e. The van der Waals surface area contributed by atoms with Crippen molar-refractivity contribution in [3.05, 3.63) is 59.7 Å². The van der Waals surface area contributed by atoms with E-state index < -0.39 is 18.1 Å². The normalized spacial score (nSPS) is 13.0. The standard InChI is InChI=1S/C26H32N2O5S/c1-3-8-18(15-24(29)28(13-14-34-2)16-25(30)31)27-26(32)33-17-23-21-11-6-4-9-19(21)20-10-5-7-12-22(20)23/h4-7,9-12,18,23H,3,8,13-17H2,1-2H3,(H,27,32)(H,30,31). The predicted molar refractivity (Wildman–Crippen MR) is 134 cm³/mol. The highest BCUT2D eigenvalue weighted by Gasteiger charge is 2.29. The number of thioether (sulfide) groups is 1. The summed E-state index contributed by atoms with van der Waals surface area (Å²) in [4.78, 5) is 37.9. The second kappa shape index (κ2) is 12.5. The number of carboxylic acids is 1. The Labute approximate surface area is 204 Å². The lowest BCUT2D eigenvalue weighted by molar-refractivity contribution is -0.144. The molecule has 2 aromatic carbocycles. The Hall–Kier alpha value is -3.00. The van der Waals surface area contributed by atoms with Crippen LogP contribution in [0.1, 0.15) is 43.2 Å². The van der Waals surface area contributed by atoms with Gasteiger partial charge in [0, 0.05) is 30.7 Å². The number of hydrogen-bond acceptors (Lipinski definition) is 5. The van der Waals surface area contributed by atoms with Crippen LogP contribution in [0.15, 0.2) is 48.5 Å². The van der Waals surface area contributed by atoms with Crippen molar-refractivity contribution in [3.8, 4) is 11.1 Å². The molecular formula is C26H32N2O5S. The van der Waals surface area contributed by atoms with E-state index >= 15 is 0 Å². The summed E-state index contributed by atoms with van der Waals surface area (Å²) >= 11 is 1.55. The second-order valence-corrected chi connectivity index (χ2v) is 9.35. The van der Waals surface area contributed by atoms with Gasteiger partial charge in [0.25, 0.3) is 0 Å². The molecule has 0 saturated heterocycles. The number of alkyl carbamates (subject to hydrolysis) is 1. The van der Waals surface area contributed by atoms with Gasteiger partial charge in [-0.25, -0.2) is 4.79 Å². The largest absolute Gasteiger partial charge is 0.480 e. The zero-order valence-electron chi connectivity index (χ0n) is 19.7. The van der Waals surface area contributed by atoms with Gasteiger partial charge in [0.2, 0.25) is 5.91 Å². The molecule has 0 radical (unpaired) electrons. The van der Waals surface area contributed by atoms with Crippen LogP contribution >= 0.6 is 11.8 Å². The minimum atomic E-state index is -1.05. The molecule has 3 rings (SSSR count). The Morgan fingerprint density at radius 1 is 1.09 bits per heavy atom. The second-order valence-electron chi connectivity index (χ2n) is 8.36. The summed E-state index contributed by atoms with van der Waals surface area (Å²) in [5.74, 6) is -0.723. The fourth-order valence-electron chi connectivity index (χ4n) is 4.38. The molecule has 8 heteroatoms. The monoisotopic (exact) mass is 484 g/mol. The molecule has 0 aromatic heterocycles. The Morgan fingerprint density at radius 3 is 2.26 bits per heavy atom. The lowest BCUT2D eigenvalue weighted by Gasteiger charge is -2.24. The van der Waals surface area contributed by atoms with Gasteiger partial charge in [0.05, 0.1) is 0 Å². The number of carboxylic acid groups (broad SMARTS) is 1. The smallest absolute Gasteiger partial charge is 0.407 e. The molecule has 2 N–H and O–H groups in total. The molecule has 0 saturated carbocycles. The van der Waals surface area contributed by atoms with E-state index in [-0.39, 0.29) is 31.4 Å². The summed E-state index contributed by atoms with van der Waals surface area (Å²) in [7, 11) is 0. The molecule has 7 nitrogen and oxygen atoms in total. The van der Waals surface area contributed by atoms with Gasteiger partial charge in [0.15, 0.2) is 0 Å². The molecule has 0 aliphatic heterocycles. The summed E-state index contributed by atoms with van der Waals surface area (Å²) in [6.07, 6.45) is 2.74. The van der Waals surface area contributed by atoms with E-state index in [1.165, 1.54) is 4.90 Å². The number of carbonyl (C=O) groups is 3. The summed E-state index contributed by atoms with van der Waals surface area (Å²) in [5, 5.41) is 12.0. The van der Waals surface area contributed by atoms with Gasteiger partial charge >= 0.3 is 12.1 Å². The van der Waals surface area contributed by atoms with Crippen molar-refractivity contribution < 1.29 is 24.2 Å². The third-order valence-corrected chi connectivity index (χ3v) is 6.56. The first-order valence-electron chi connectivity index (χ1n) is 11.5. The van der Waals surface area contributed by atoms with Crippen molar-refractivity contribution in [2.75, 3.05) is 31.7 Å². The molecule has 1 aliphatic rings. The molecule has 2 aromatic rings. The quantitative estimate of drug-likeness (QED) is 0.465. The minimum absolute atomic E-state index is 0.0398. The number of carbonyl (C=O) groups excluding carboxylic acids is 2. The number of hydrogen-bond donors (Lipinski definition) is 2. The average Bonchev–Trinajstić information content (AvgIpc) is 3.14. The van der Waals surface area contributed by atoms with Crippen molar-refractivity contribution in [2.45, 2.75) is 38.1 Å². The van der Waals surface area contributed by atoms with E-state index in [4.69, 9.17) is 9.84 Å². The van der Waals surface area contributed by atoms with Crippen LogP contribution in [0.5, 0.6) is 0 Å². The van der Waals surface area contributed by atoms with Gasteiger partial charge in [-0.1, -0.05) is 61.9 Å². The Kier molecular flexibility index (Phi) is 9.39. The van der Waals surface area contributed by atoms with Gasteiger partial charge in [0.1, 0.15) is 13.2 Å². The highest BCUT2D eigenvalue weighted by Crippen LogP contribution is 2.44. The molecule has 182 valence electrons. The molecule has 2 amide bonds. The lowest BCUT2D eigenvalue weighted by Crippen LogP contribution is -2.43. The van der Waals surface area contributed by atoms with Crippen LogP contribution in [0, 0.1) is 0 Å². The fraction of sp³-hybridized carbons (Fsp3) is 0.423. The third kappa shape index (κ3) is 6.53. The molecule has 0 spiro atoms. The van der Waals surface area contributed by atoms with Crippen molar-refractivity contribution >= 4 is 29.7 Å². The van der Waals surface area contributed by atoms with Crippen LogP contribution in [-0.4, -0.2) is 65.7 Å². The fourth-order valence-corrected chi connectivity index (χ4v) is 4.78. The van der Waals surface area contributed by atoms with Crippen LogP contribution in [0.3, 0.4) is 0 Å². The van der Waals surface area contributed by atoms with E-state index in [1.54, 1.807) is 11.8 Å². The summed E-state index contributed by atoms with van der Waals surface area (Å²) in [5.41, 5.74) is 4.58. The van der Waals surface area contributed by atoms with Crippen LogP contribution in [-0.2, 0) is 14.3 Å². The zero-order chi connectivity index (χ0) is 24.5. The zero-order valence-corrected chi connectivity index (χ0v) is 20.5. The van der Waals surface area contributed by atoms with Crippen molar-refractivity contribution in [3.63, 3.8) is 0 Å². The molecule has 34 heavy (non-hydrogen) atoms. The maximum atomic E-state index is 12.8. The highest BCUT2D eigenvalue weighted by atomic mass is 32.2. The SMILES string of the molecule is CCCC(CC(=O)N(CCSC)CC(=O)O)NC(=O)OCC1c2ccccc2-c2ccccc21. The van der Waals surface area contributed by atoms with Gasteiger partial charge in [-0.15, -0.1) is 0 Å². The number of rotatable bonds is 12. The van der Waals surface area contributed by atoms with E-state index in [2.05, 4.69) is 29.6 Å². The van der Waals surface area contributed by atoms with E-state index in [1.807, 2.05) is 37.4 Å². The maximum absolute atomic E-state index is 12.8. The van der Waals surface area contributed by atoms with Crippen molar-refractivity contribution in [2.24, 2.45) is 0 Å². The van der Waals surface area contributed by atoms with E-state index in [0.29, 0.717) is 18.7 Å². The molecule has 1 unspecified atom stereocenters. The van der Waals surface area contributed by atoms with Crippen molar-refractivity contribution in [1.29, 1.82) is 0 Å². The van der Waals surface area contributed by atoms with Gasteiger partial charge in [-0.3, -0.25) is 9.59 Å². The minimum Gasteiger partial charge on any atom is -0.480 e. The van der Waals surface area contributed by atoms with Crippen LogP contribution in [0.4, 0.5) is 4.79 Å². The molecule has 1 aliphatic carbocycles. The number of benzene rings is 2. The molecule has 0 heterocycles. The molecule has 1 atom stereocenters. The number of fused-ring (bicyclic) bond motifs is 3. The highest BCUT2D eigenvalue weighted by molar-refractivity contribution is 7.98. The van der Waals surface area contributed by atoms with Gasteiger partial charge in [-0.2, -0.15) is 11.8 Å². The van der Waals surface area contributed by atoms with E-state index in [9.17, 15) is 14.4 Å². The number of amides is 2. The number of nitrogens with zero attached hydrogens (tertiary/aromatic N) is 1. The number of nitrogens with one attached hydrogen (secondary N) is 1. The number of ether oxygens (including phenoxy) is 1. The van der Waals surface area contributed by atoms with Gasteiger partial charge in [-0.05, 0) is 34.9 Å². The van der Waals surface area contributed by atoms with Crippen LogP contribution < -0.4 is 5.32 Å². The third-order valence-electron chi connectivity index (χ3n) is 5.97. The van der Waals surface area contributed by atoms with Crippen molar-refractivity contribution in [1.82, 2.24) is 10.2 Å². The molecule has 0 fully saturated rings. The first-order valence-corrected chi connectivity index (χ1v) is 12.9. The Bertz CT molecular complexity index is 967. The van der Waals surface area contributed by atoms with Crippen LogP contribution in [0.2, 0.25) is 0 Å². The molecular weight excluding hydrogens is 452 g/mol. The van der Waals surface area contributed by atoms with Crippen LogP contribution in [0.25, 0.3) is 11.1 Å². The predicted octanol–water partition coefficient (Wildman–Crippen LogP) is 4.36. The number of aliphatic carboxylic acids is 1. The summed E-state index contributed by atoms with van der Waals surface area (Å²) in [6.45, 7) is 2.18. The lowest BCUT2D eigenvalue weighted by atomic mass is 9.98. The Morgan fingerprint density at radius 2 is 1.71 bits per heavy atom. The summed E-state index contributed by atoms with van der Waals surface area (Å²) < 4.78 is 5.62. The average molecular weight is 485 g/mol. The topological polar surface area (TPSA) is 95.9 Å². The Balaban J connectivity index is 1.61. The first-order chi connectivity index (χ1) is 16.4. The molecule has 0 bridgehead atoms. The van der Waals surface area contributed by atoms with Gasteiger partial charge < -0.3 is 20.1 Å². The van der Waals surface area contributed by atoms with E-state index in [0.717, 1.165) is 28.7 Å². The first kappa shape index (κ1) is 25.6. The summed E-state index contributed by atoms with van der Waals surface area (Å²) in [6, 6.07) is 15.8.